The second-order valence-corrected chi connectivity index (χ2v) is 8.07. The standard InChI is InChI=1S/C22H27N3O3/c1-24(2)20-11-8-17(14-23-20)22(27)12-18-9-10-19(13-22)25(18)21(26)28-15-16-6-4-3-5-7-16/h3-8,11,14,18-19,27H,9-10,12-13,15H2,1-2H3. The molecule has 148 valence electrons. The van der Waals surface area contributed by atoms with Crippen molar-refractivity contribution in [2.45, 2.75) is 50.0 Å². The van der Waals surface area contributed by atoms with Gasteiger partial charge in [-0.15, -0.1) is 0 Å². The number of benzene rings is 1. The molecule has 4 rings (SSSR count). The van der Waals surface area contributed by atoms with Gasteiger partial charge >= 0.3 is 6.09 Å². The van der Waals surface area contributed by atoms with E-state index in [1.165, 1.54) is 0 Å². The molecule has 6 heteroatoms. The molecule has 2 fully saturated rings. The van der Waals surface area contributed by atoms with Gasteiger partial charge in [0.05, 0.1) is 5.60 Å². The summed E-state index contributed by atoms with van der Waals surface area (Å²) in [6, 6.07) is 13.6. The fourth-order valence-corrected chi connectivity index (χ4v) is 4.48. The van der Waals surface area contributed by atoms with Crippen LogP contribution in [-0.4, -0.2) is 47.3 Å². The molecule has 2 atom stereocenters. The van der Waals surface area contributed by atoms with Crippen LogP contribution in [0.4, 0.5) is 10.6 Å². The summed E-state index contributed by atoms with van der Waals surface area (Å²) in [4.78, 5) is 20.9. The average Bonchev–Trinajstić information content (AvgIpc) is 2.99. The molecule has 2 aliphatic rings. The Hall–Kier alpha value is -2.60. The van der Waals surface area contributed by atoms with Crippen molar-refractivity contribution in [3.8, 4) is 0 Å². The molecule has 28 heavy (non-hydrogen) atoms. The van der Waals surface area contributed by atoms with Crippen LogP contribution in [0.1, 0.15) is 36.8 Å². The molecule has 2 aromatic rings. The minimum atomic E-state index is -0.945. The number of hydrogen-bond donors (Lipinski definition) is 1. The van der Waals surface area contributed by atoms with Gasteiger partial charge in [-0.05, 0) is 24.5 Å². The molecule has 2 saturated heterocycles. The third-order valence-corrected chi connectivity index (χ3v) is 5.93. The monoisotopic (exact) mass is 381 g/mol. The Kier molecular flexibility index (Phi) is 4.98. The Morgan fingerprint density at radius 1 is 1.18 bits per heavy atom. The SMILES string of the molecule is CN(C)c1ccc(C2(O)CC3CCC(C2)N3C(=O)OCc2ccccc2)cn1. The van der Waals surface area contributed by atoms with Gasteiger partial charge in [0.15, 0.2) is 0 Å². The van der Waals surface area contributed by atoms with Crippen LogP contribution in [0.25, 0.3) is 0 Å². The van der Waals surface area contributed by atoms with Gasteiger partial charge in [0.25, 0.3) is 0 Å². The number of hydrogen-bond acceptors (Lipinski definition) is 5. The van der Waals surface area contributed by atoms with Crippen LogP contribution in [0, 0.1) is 0 Å². The number of rotatable bonds is 4. The Bertz CT molecular complexity index is 809. The predicted molar refractivity (Wildman–Crippen MR) is 107 cm³/mol. The molecule has 6 nitrogen and oxygen atoms in total. The lowest BCUT2D eigenvalue weighted by Gasteiger charge is -2.43. The molecule has 1 N–H and O–H groups in total. The Labute approximate surface area is 165 Å². The number of fused-ring (bicyclic) bond motifs is 2. The summed E-state index contributed by atoms with van der Waals surface area (Å²) in [5, 5.41) is 11.3. The molecule has 1 amide bonds. The second kappa shape index (κ2) is 7.43. The van der Waals surface area contributed by atoms with Crippen LogP contribution in [0.5, 0.6) is 0 Å². The van der Waals surface area contributed by atoms with Crippen molar-refractivity contribution in [3.05, 3.63) is 59.8 Å². The fraction of sp³-hybridized carbons (Fsp3) is 0.455. The summed E-state index contributed by atoms with van der Waals surface area (Å²) in [5.41, 5.74) is 0.857. The topological polar surface area (TPSA) is 65.9 Å². The zero-order valence-electron chi connectivity index (χ0n) is 16.4. The highest BCUT2D eigenvalue weighted by atomic mass is 16.6. The van der Waals surface area contributed by atoms with E-state index in [1.807, 2.05) is 66.4 Å². The van der Waals surface area contributed by atoms with E-state index in [-0.39, 0.29) is 24.8 Å². The molecule has 0 aliphatic carbocycles. The Morgan fingerprint density at radius 3 is 2.43 bits per heavy atom. The molecule has 3 heterocycles. The highest BCUT2D eigenvalue weighted by molar-refractivity contribution is 5.69. The maximum atomic E-state index is 12.7. The van der Waals surface area contributed by atoms with E-state index in [9.17, 15) is 9.90 Å². The number of piperidine rings is 1. The van der Waals surface area contributed by atoms with Gasteiger partial charge in [-0.1, -0.05) is 36.4 Å². The van der Waals surface area contributed by atoms with Crippen molar-refractivity contribution in [1.29, 1.82) is 0 Å². The number of anilines is 1. The van der Waals surface area contributed by atoms with Gasteiger partial charge in [-0.25, -0.2) is 9.78 Å². The lowest BCUT2D eigenvalue weighted by atomic mass is 9.81. The minimum Gasteiger partial charge on any atom is -0.445 e. The number of carbonyl (C=O) groups is 1. The van der Waals surface area contributed by atoms with Crippen molar-refractivity contribution in [2.24, 2.45) is 0 Å². The van der Waals surface area contributed by atoms with Gasteiger partial charge in [0, 0.05) is 50.8 Å². The number of nitrogens with zero attached hydrogens (tertiary/aromatic N) is 3. The maximum absolute atomic E-state index is 12.7. The highest BCUT2D eigenvalue weighted by Gasteiger charge is 2.50. The molecular weight excluding hydrogens is 354 g/mol. The minimum absolute atomic E-state index is 0.000508. The molecule has 0 spiro atoms. The van der Waals surface area contributed by atoms with Crippen LogP contribution >= 0.6 is 0 Å². The maximum Gasteiger partial charge on any atom is 0.410 e. The van der Waals surface area contributed by atoms with Crippen LogP contribution in [0.15, 0.2) is 48.7 Å². The van der Waals surface area contributed by atoms with Gasteiger partial charge in [-0.2, -0.15) is 0 Å². The normalized spacial score (nSPS) is 26.2. The van der Waals surface area contributed by atoms with E-state index in [0.29, 0.717) is 12.8 Å². The lowest BCUT2D eigenvalue weighted by Crippen LogP contribution is -2.52. The molecular formula is C22H27N3O3. The third-order valence-electron chi connectivity index (χ3n) is 5.93. The van der Waals surface area contributed by atoms with E-state index in [0.717, 1.165) is 29.8 Å². The first kappa shape index (κ1) is 18.7. The Morgan fingerprint density at radius 2 is 1.86 bits per heavy atom. The van der Waals surface area contributed by atoms with Crippen molar-refractivity contribution in [2.75, 3.05) is 19.0 Å². The first-order valence-corrected chi connectivity index (χ1v) is 9.81. The summed E-state index contributed by atoms with van der Waals surface area (Å²) in [5.74, 6) is 0.859. The average molecular weight is 381 g/mol. The summed E-state index contributed by atoms with van der Waals surface area (Å²) in [6.45, 7) is 0.274. The second-order valence-electron chi connectivity index (χ2n) is 8.07. The van der Waals surface area contributed by atoms with E-state index in [2.05, 4.69) is 4.98 Å². The molecule has 1 aromatic carbocycles. The van der Waals surface area contributed by atoms with Gasteiger partial charge in [0.2, 0.25) is 0 Å². The van der Waals surface area contributed by atoms with Crippen LogP contribution in [0.3, 0.4) is 0 Å². The first-order valence-electron chi connectivity index (χ1n) is 9.81. The predicted octanol–water partition coefficient (Wildman–Crippen LogP) is 3.30. The molecule has 2 bridgehead atoms. The molecule has 0 radical (unpaired) electrons. The highest BCUT2D eigenvalue weighted by Crippen LogP contribution is 2.46. The van der Waals surface area contributed by atoms with Crippen LogP contribution < -0.4 is 4.90 Å². The molecule has 0 saturated carbocycles. The van der Waals surface area contributed by atoms with Crippen molar-refractivity contribution >= 4 is 11.9 Å². The quantitative estimate of drug-likeness (QED) is 0.880. The first-order chi connectivity index (χ1) is 13.5. The molecule has 2 unspecified atom stereocenters. The van der Waals surface area contributed by atoms with Gasteiger partial charge in [-0.3, -0.25) is 0 Å². The summed E-state index contributed by atoms with van der Waals surface area (Å²) in [6.07, 6.45) is 4.32. The Balaban J connectivity index is 1.44. The summed E-state index contributed by atoms with van der Waals surface area (Å²) in [7, 11) is 3.88. The number of amides is 1. The van der Waals surface area contributed by atoms with E-state index < -0.39 is 5.60 Å². The third kappa shape index (κ3) is 3.56. The van der Waals surface area contributed by atoms with Crippen molar-refractivity contribution in [3.63, 3.8) is 0 Å². The number of carbonyl (C=O) groups excluding carboxylic acids is 1. The zero-order chi connectivity index (χ0) is 19.7. The fourth-order valence-electron chi connectivity index (χ4n) is 4.48. The largest absolute Gasteiger partial charge is 0.445 e. The molecule has 2 aliphatic heterocycles. The summed E-state index contributed by atoms with van der Waals surface area (Å²) < 4.78 is 5.55. The number of pyridine rings is 1. The lowest BCUT2D eigenvalue weighted by molar-refractivity contribution is -0.0538. The van der Waals surface area contributed by atoms with E-state index in [1.54, 1.807) is 6.20 Å². The van der Waals surface area contributed by atoms with E-state index >= 15 is 0 Å². The van der Waals surface area contributed by atoms with Crippen molar-refractivity contribution in [1.82, 2.24) is 9.88 Å². The smallest absolute Gasteiger partial charge is 0.410 e. The van der Waals surface area contributed by atoms with Gasteiger partial charge < -0.3 is 19.6 Å². The number of aliphatic hydroxyl groups is 1. The van der Waals surface area contributed by atoms with Gasteiger partial charge in [0.1, 0.15) is 12.4 Å². The zero-order valence-corrected chi connectivity index (χ0v) is 16.4. The number of ether oxygens (including phenoxy) is 1. The van der Waals surface area contributed by atoms with Crippen LogP contribution in [-0.2, 0) is 16.9 Å². The van der Waals surface area contributed by atoms with Crippen LogP contribution in [0.2, 0.25) is 0 Å². The van der Waals surface area contributed by atoms with E-state index in [4.69, 9.17) is 4.74 Å². The van der Waals surface area contributed by atoms with Crippen molar-refractivity contribution < 1.29 is 14.6 Å². The summed E-state index contributed by atoms with van der Waals surface area (Å²) >= 11 is 0. The molecule has 1 aromatic heterocycles. The number of aromatic nitrogens is 1.